The van der Waals surface area contributed by atoms with Gasteiger partial charge in [0.05, 0.1) is 40.8 Å². The SMILES string of the molecule is CO[C@@H]1CN(c2nc3ccccc3s2)C[C@H]1Oc1cccc(CS(=O)(=O)N2CCCC2c2ccccn2)c1. The number of ether oxygens (including phenoxy) is 2. The highest BCUT2D eigenvalue weighted by atomic mass is 32.2. The maximum Gasteiger partial charge on any atom is 0.218 e. The number of hydrogen-bond donors (Lipinski definition) is 0. The van der Waals surface area contributed by atoms with Crippen LogP contribution in [0, 0.1) is 0 Å². The summed E-state index contributed by atoms with van der Waals surface area (Å²) in [7, 11) is -1.84. The van der Waals surface area contributed by atoms with Gasteiger partial charge in [-0.1, -0.05) is 41.7 Å². The van der Waals surface area contributed by atoms with Crippen LogP contribution in [-0.2, 0) is 20.5 Å². The highest BCUT2D eigenvalue weighted by Crippen LogP contribution is 2.35. The fourth-order valence-corrected chi connectivity index (χ4v) is 8.11. The molecule has 10 heteroatoms. The van der Waals surface area contributed by atoms with Crippen molar-refractivity contribution in [2.45, 2.75) is 36.8 Å². The van der Waals surface area contributed by atoms with Gasteiger partial charge in [-0.15, -0.1) is 0 Å². The van der Waals surface area contributed by atoms with Gasteiger partial charge in [0.25, 0.3) is 0 Å². The summed E-state index contributed by atoms with van der Waals surface area (Å²) in [6.07, 6.45) is 3.00. The Morgan fingerprint density at radius 2 is 1.87 bits per heavy atom. The van der Waals surface area contributed by atoms with E-state index in [4.69, 9.17) is 14.5 Å². The van der Waals surface area contributed by atoms with Gasteiger partial charge >= 0.3 is 0 Å². The molecule has 2 aliphatic heterocycles. The molecule has 0 aliphatic carbocycles. The third kappa shape index (κ3) is 5.13. The number of hydrogen-bond acceptors (Lipinski definition) is 8. The monoisotopic (exact) mass is 550 g/mol. The molecule has 0 bridgehead atoms. The Morgan fingerprint density at radius 3 is 2.68 bits per heavy atom. The maximum absolute atomic E-state index is 13.4. The number of nitrogens with zero attached hydrogens (tertiary/aromatic N) is 4. The molecule has 2 aromatic carbocycles. The molecular formula is C28H30N4O4S2. The van der Waals surface area contributed by atoms with Gasteiger partial charge in [-0.2, -0.15) is 4.31 Å². The van der Waals surface area contributed by atoms with Crippen molar-refractivity contribution in [2.24, 2.45) is 0 Å². The summed E-state index contributed by atoms with van der Waals surface area (Å²) in [4.78, 5) is 11.4. The van der Waals surface area contributed by atoms with Crippen molar-refractivity contribution in [1.29, 1.82) is 0 Å². The quantitative estimate of drug-likeness (QED) is 0.316. The van der Waals surface area contributed by atoms with Crippen molar-refractivity contribution in [1.82, 2.24) is 14.3 Å². The summed E-state index contributed by atoms with van der Waals surface area (Å²) in [5.74, 6) is 0.558. The normalized spacial score (nSPS) is 22.3. The van der Waals surface area contributed by atoms with E-state index in [9.17, 15) is 8.42 Å². The number of aromatic nitrogens is 2. The molecule has 3 atom stereocenters. The number of para-hydroxylation sites is 1. The number of fused-ring (bicyclic) bond motifs is 1. The summed E-state index contributed by atoms with van der Waals surface area (Å²) in [5.41, 5.74) is 2.49. The molecule has 2 aliphatic rings. The third-order valence-corrected chi connectivity index (χ3v) is 10.1. The first kappa shape index (κ1) is 25.2. The average Bonchev–Trinajstić information content (AvgIpc) is 3.67. The first-order valence-electron chi connectivity index (χ1n) is 12.8. The number of pyridine rings is 1. The summed E-state index contributed by atoms with van der Waals surface area (Å²) < 4.78 is 41.8. The molecule has 198 valence electrons. The van der Waals surface area contributed by atoms with E-state index in [1.807, 2.05) is 60.7 Å². The molecule has 8 nitrogen and oxygen atoms in total. The zero-order valence-electron chi connectivity index (χ0n) is 21.1. The fourth-order valence-electron chi connectivity index (χ4n) is 5.35. The molecule has 4 heterocycles. The topological polar surface area (TPSA) is 84.9 Å². The molecule has 0 radical (unpaired) electrons. The van der Waals surface area contributed by atoms with Crippen LogP contribution in [0.2, 0.25) is 0 Å². The van der Waals surface area contributed by atoms with E-state index in [1.54, 1.807) is 28.9 Å². The van der Waals surface area contributed by atoms with Crippen LogP contribution in [0.1, 0.15) is 30.1 Å². The Hall–Kier alpha value is -3.05. The number of anilines is 1. The predicted octanol–water partition coefficient (Wildman–Crippen LogP) is 4.64. The molecular weight excluding hydrogens is 520 g/mol. The van der Waals surface area contributed by atoms with Gasteiger partial charge in [-0.3, -0.25) is 4.98 Å². The first-order valence-corrected chi connectivity index (χ1v) is 15.2. The van der Waals surface area contributed by atoms with Crippen molar-refractivity contribution in [2.75, 3.05) is 31.6 Å². The van der Waals surface area contributed by atoms with Crippen LogP contribution >= 0.6 is 11.3 Å². The number of sulfonamides is 1. The van der Waals surface area contributed by atoms with E-state index in [1.165, 1.54) is 0 Å². The Labute approximate surface area is 226 Å². The van der Waals surface area contributed by atoms with Crippen LogP contribution in [-0.4, -0.2) is 61.6 Å². The molecule has 4 aromatic rings. The smallest absolute Gasteiger partial charge is 0.218 e. The molecule has 6 rings (SSSR count). The Bertz CT molecular complexity index is 1480. The average molecular weight is 551 g/mol. The molecule has 0 amide bonds. The number of methoxy groups -OCH3 is 1. The van der Waals surface area contributed by atoms with Gasteiger partial charge < -0.3 is 14.4 Å². The second-order valence-corrected chi connectivity index (χ2v) is 12.7. The number of benzene rings is 2. The minimum atomic E-state index is -3.53. The molecule has 0 N–H and O–H groups in total. The van der Waals surface area contributed by atoms with Crippen LogP contribution in [0.25, 0.3) is 10.2 Å². The van der Waals surface area contributed by atoms with Crippen LogP contribution in [0.5, 0.6) is 5.75 Å². The van der Waals surface area contributed by atoms with E-state index in [-0.39, 0.29) is 24.0 Å². The summed E-state index contributed by atoms with van der Waals surface area (Å²) in [6, 6.07) is 20.9. The molecule has 38 heavy (non-hydrogen) atoms. The Balaban J connectivity index is 1.16. The van der Waals surface area contributed by atoms with E-state index < -0.39 is 10.0 Å². The molecule has 2 saturated heterocycles. The van der Waals surface area contributed by atoms with Gasteiger partial charge in [-0.05, 0) is 54.8 Å². The van der Waals surface area contributed by atoms with Crippen molar-refractivity contribution in [3.8, 4) is 5.75 Å². The lowest BCUT2D eigenvalue weighted by Crippen LogP contribution is -2.32. The van der Waals surface area contributed by atoms with Gasteiger partial charge in [0.1, 0.15) is 18.0 Å². The minimum Gasteiger partial charge on any atom is -0.486 e. The zero-order chi connectivity index (χ0) is 26.1. The fraction of sp³-hybridized carbons (Fsp3) is 0.357. The summed E-state index contributed by atoms with van der Waals surface area (Å²) in [6.45, 7) is 1.83. The van der Waals surface area contributed by atoms with Gasteiger partial charge in [0, 0.05) is 19.9 Å². The Kier molecular flexibility index (Phi) is 7.05. The van der Waals surface area contributed by atoms with Crippen molar-refractivity contribution < 1.29 is 17.9 Å². The van der Waals surface area contributed by atoms with E-state index in [2.05, 4.69) is 16.0 Å². The van der Waals surface area contributed by atoms with E-state index in [0.29, 0.717) is 30.9 Å². The summed E-state index contributed by atoms with van der Waals surface area (Å²) in [5, 5.41) is 0.951. The first-order chi connectivity index (χ1) is 18.5. The lowest BCUT2D eigenvalue weighted by Gasteiger charge is -2.24. The largest absolute Gasteiger partial charge is 0.486 e. The van der Waals surface area contributed by atoms with Crippen molar-refractivity contribution in [3.63, 3.8) is 0 Å². The summed E-state index contributed by atoms with van der Waals surface area (Å²) >= 11 is 1.66. The van der Waals surface area contributed by atoms with Gasteiger partial charge in [0.15, 0.2) is 5.13 Å². The van der Waals surface area contributed by atoms with Crippen LogP contribution < -0.4 is 9.64 Å². The standard InChI is InChI=1S/C28H30N4O4S2/c1-35-25-17-31(28-30-23-11-2-3-13-27(23)37-28)18-26(25)36-21-9-6-8-20(16-21)19-38(33,34)32-15-7-12-24(32)22-10-4-5-14-29-22/h2-6,8-11,13-14,16,24-26H,7,12,15,17-19H2,1H3/t24?,25-,26-/m1/s1. The molecule has 0 spiro atoms. The zero-order valence-corrected chi connectivity index (χ0v) is 22.8. The number of rotatable bonds is 8. The van der Waals surface area contributed by atoms with Crippen LogP contribution in [0.4, 0.5) is 5.13 Å². The van der Waals surface area contributed by atoms with Gasteiger partial charge in [-0.25, -0.2) is 13.4 Å². The van der Waals surface area contributed by atoms with E-state index in [0.717, 1.165) is 33.9 Å². The maximum atomic E-state index is 13.4. The molecule has 1 unspecified atom stereocenters. The minimum absolute atomic E-state index is 0.0796. The highest BCUT2D eigenvalue weighted by molar-refractivity contribution is 7.88. The van der Waals surface area contributed by atoms with E-state index >= 15 is 0 Å². The second kappa shape index (κ2) is 10.6. The lowest BCUT2D eigenvalue weighted by molar-refractivity contribution is 0.0347. The molecule has 2 aromatic heterocycles. The molecule has 2 fully saturated rings. The van der Waals surface area contributed by atoms with Gasteiger partial charge in [0.2, 0.25) is 10.0 Å². The second-order valence-electron chi connectivity index (χ2n) is 9.73. The third-order valence-electron chi connectivity index (χ3n) is 7.20. The van der Waals surface area contributed by atoms with Crippen molar-refractivity contribution in [3.05, 3.63) is 84.2 Å². The van der Waals surface area contributed by atoms with Crippen molar-refractivity contribution >= 4 is 36.7 Å². The van der Waals surface area contributed by atoms with Crippen LogP contribution in [0.3, 0.4) is 0 Å². The Morgan fingerprint density at radius 1 is 1.03 bits per heavy atom. The molecule has 0 saturated carbocycles. The highest BCUT2D eigenvalue weighted by Gasteiger charge is 2.37. The predicted molar refractivity (Wildman–Crippen MR) is 149 cm³/mol. The lowest BCUT2D eigenvalue weighted by atomic mass is 10.1. The number of thiazole rings is 1. The van der Waals surface area contributed by atoms with Crippen LogP contribution in [0.15, 0.2) is 72.9 Å².